The lowest BCUT2D eigenvalue weighted by Gasteiger charge is -2.36. The van der Waals surface area contributed by atoms with Crippen LogP contribution in [0.5, 0.6) is 0 Å². The number of benzene rings is 1. The van der Waals surface area contributed by atoms with E-state index in [9.17, 15) is 9.59 Å². The Kier molecular flexibility index (Phi) is 3.95. The molecule has 2 amide bonds. The van der Waals surface area contributed by atoms with Crippen molar-refractivity contribution in [3.05, 3.63) is 30.3 Å². The predicted octanol–water partition coefficient (Wildman–Crippen LogP) is 2.30. The molecule has 0 spiro atoms. The Morgan fingerprint density at radius 2 is 1.81 bits per heavy atom. The molecule has 4 heteroatoms. The number of anilines is 1. The van der Waals surface area contributed by atoms with Gasteiger partial charge in [0.2, 0.25) is 11.8 Å². The zero-order valence-electron chi connectivity index (χ0n) is 12.5. The van der Waals surface area contributed by atoms with Gasteiger partial charge in [-0.25, -0.2) is 0 Å². The van der Waals surface area contributed by atoms with Crippen LogP contribution in [0.3, 0.4) is 0 Å². The number of carbonyl (C=O) groups is 2. The van der Waals surface area contributed by atoms with Crippen LogP contribution in [0.2, 0.25) is 0 Å². The number of nitrogens with zero attached hydrogens (tertiary/aromatic N) is 2. The maximum Gasteiger partial charge on any atom is 0.227 e. The number of piperidine rings is 1. The van der Waals surface area contributed by atoms with Crippen LogP contribution in [0.25, 0.3) is 0 Å². The van der Waals surface area contributed by atoms with Gasteiger partial charge in [-0.2, -0.15) is 0 Å². The fourth-order valence-corrected chi connectivity index (χ4v) is 3.60. The number of amides is 2. The molecular weight excluding hydrogens is 264 g/mol. The summed E-state index contributed by atoms with van der Waals surface area (Å²) in [7, 11) is 0. The van der Waals surface area contributed by atoms with Crippen molar-refractivity contribution in [1.82, 2.24) is 4.90 Å². The molecule has 0 aromatic heterocycles. The van der Waals surface area contributed by atoms with E-state index in [4.69, 9.17) is 0 Å². The van der Waals surface area contributed by atoms with Crippen molar-refractivity contribution < 1.29 is 9.59 Å². The average molecular weight is 286 g/mol. The Labute approximate surface area is 125 Å². The Bertz CT molecular complexity index is 529. The third kappa shape index (κ3) is 2.94. The summed E-state index contributed by atoms with van der Waals surface area (Å²) in [5.74, 6) is 1.27. The first-order valence-electron chi connectivity index (χ1n) is 7.76. The molecule has 0 bridgehead atoms. The topological polar surface area (TPSA) is 40.6 Å². The largest absolute Gasteiger partial charge is 0.343 e. The van der Waals surface area contributed by atoms with Crippen LogP contribution in [0.1, 0.15) is 26.2 Å². The SMILES string of the molecule is CC(=O)N1CC[C@H]2CC(=O)N(c3ccccc3)CC[C@H]2C1. The molecule has 4 nitrogen and oxygen atoms in total. The lowest BCUT2D eigenvalue weighted by atomic mass is 9.82. The minimum atomic E-state index is 0.156. The Balaban J connectivity index is 1.74. The molecule has 2 atom stereocenters. The molecule has 0 N–H and O–H groups in total. The summed E-state index contributed by atoms with van der Waals surface area (Å²) in [6, 6.07) is 9.90. The zero-order valence-corrected chi connectivity index (χ0v) is 12.5. The van der Waals surface area contributed by atoms with Crippen LogP contribution in [-0.2, 0) is 9.59 Å². The Morgan fingerprint density at radius 3 is 2.52 bits per heavy atom. The van der Waals surface area contributed by atoms with Gasteiger partial charge in [-0.3, -0.25) is 9.59 Å². The van der Waals surface area contributed by atoms with Crippen molar-refractivity contribution >= 4 is 17.5 Å². The number of likely N-dealkylation sites (tertiary alicyclic amines) is 1. The van der Waals surface area contributed by atoms with Gasteiger partial charge >= 0.3 is 0 Å². The van der Waals surface area contributed by atoms with E-state index in [-0.39, 0.29) is 11.8 Å². The quantitative estimate of drug-likeness (QED) is 0.795. The molecule has 0 radical (unpaired) electrons. The highest BCUT2D eigenvalue weighted by atomic mass is 16.2. The maximum absolute atomic E-state index is 12.5. The van der Waals surface area contributed by atoms with Gasteiger partial charge in [-0.05, 0) is 36.8 Å². The monoisotopic (exact) mass is 286 g/mol. The van der Waals surface area contributed by atoms with Crippen LogP contribution in [0.4, 0.5) is 5.69 Å². The number of hydrogen-bond acceptors (Lipinski definition) is 2. The molecule has 0 aliphatic carbocycles. The molecule has 2 aliphatic rings. The van der Waals surface area contributed by atoms with Gasteiger partial charge in [-0.15, -0.1) is 0 Å². The van der Waals surface area contributed by atoms with Gasteiger partial charge in [0, 0.05) is 38.7 Å². The fraction of sp³-hybridized carbons (Fsp3) is 0.529. The van der Waals surface area contributed by atoms with Crippen LogP contribution in [0.15, 0.2) is 30.3 Å². The number of carbonyl (C=O) groups excluding carboxylic acids is 2. The third-order valence-corrected chi connectivity index (χ3v) is 4.87. The molecule has 3 rings (SSSR count). The van der Waals surface area contributed by atoms with E-state index >= 15 is 0 Å². The second-order valence-electron chi connectivity index (χ2n) is 6.15. The summed E-state index contributed by atoms with van der Waals surface area (Å²) in [6.07, 6.45) is 2.55. The molecule has 21 heavy (non-hydrogen) atoms. The summed E-state index contributed by atoms with van der Waals surface area (Å²) >= 11 is 0. The molecule has 2 heterocycles. The normalized spacial score (nSPS) is 26.2. The first-order chi connectivity index (χ1) is 10.1. The van der Waals surface area contributed by atoms with Crippen molar-refractivity contribution in [2.45, 2.75) is 26.2 Å². The van der Waals surface area contributed by atoms with E-state index in [2.05, 4.69) is 0 Å². The summed E-state index contributed by atoms with van der Waals surface area (Å²) in [5, 5.41) is 0. The molecular formula is C17H22N2O2. The highest BCUT2D eigenvalue weighted by Crippen LogP contribution is 2.33. The van der Waals surface area contributed by atoms with Gasteiger partial charge in [-0.1, -0.05) is 18.2 Å². The predicted molar refractivity (Wildman–Crippen MR) is 81.9 cm³/mol. The second kappa shape index (κ2) is 5.88. The standard InChI is InChI=1S/C17H22N2O2/c1-13(20)18-9-7-14-11-17(21)19(10-8-15(14)12-18)16-5-3-2-4-6-16/h2-6,14-15H,7-12H2,1H3/t14-,15-/m0/s1. The van der Waals surface area contributed by atoms with Crippen LogP contribution >= 0.6 is 0 Å². The molecule has 0 unspecified atom stereocenters. The molecule has 0 saturated carbocycles. The first kappa shape index (κ1) is 14.1. The highest BCUT2D eigenvalue weighted by molar-refractivity contribution is 5.93. The van der Waals surface area contributed by atoms with E-state index in [1.807, 2.05) is 40.1 Å². The van der Waals surface area contributed by atoms with Crippen LogP contribution in [-0.4, -0.2) is 36.3 Å². The van der Waals surface area contributed by atoms with Gasteiger partial charge in [0.1, 0.15) is 0 Å². The van der Waals surface area contributed by atoms with Crippen molar-refractivity contribution in [3.8, 4) is 0 Å². The lowest BCUT2D eigenvalue weighted by molar-refractivity contribution is -0.131. The Hall–Kier alpha value is -1.84. The van der Waals surface area contributed by atoms with E-state index in [1.54, 1.807) is 6.92 Å². The molecule has 2 aliphatic heterocycles. The summed E-state index contributed by atoms with van der Waals surface area (Å²) < 4.78 is 0. The highest BCUT2D eigenvalue weighted by Gasteiger charge is 2.35. The van der Waals surface area contributed by atoms with Crippen LogP contribution in [0, 0.1) is 11.8 Å². The maximum atomic E-state index is 12.5. The van der Waals surface area contributed by atoms with E-state index < -0.39 is 0 Å². The number of fused-ring (bicyclic) bond motifs is 1. The van der Waals surface area contributed by atoms with Crippen molar-refractivity contribution in [3.63, 3.8) is 0 Å². The van der Waals surface area contributed by atoms with Gasteiger partial charge in [0.25, 0.3) is 0 Å². The Morgan fingerprint density at radius 1 is 1.10 bits per heavy atom. The van der Waals surface area contributed by atoms with E-state index in [0.717, 1.165) is 38.2 Å². The molecule has 1 aromatic carbocycles. The summed E-state index contributed by atoms with van der Waals surface area (Å²) in [5.41, 5.74) is 0.990. The zero-order chi connectivity index (χ0) is 14.8. The first-order valence-corrected chi connectivity index (χ1v) is 7.76. The van der Waals surface area contributed by atoms with Crippen molar-refractivity contribution in [1.29, 1.82) is 0 Å². The van der Waals surface area contributed by atoms with E-state index in [1.165, 1.54) is 0 Å². The van der Waals surface area contributed by atoms with Gasteiger partial charge in [0.05, 0.1) is 0 Å². The van der Waals surface area contributed by atoms with Gasteiger partial charge in [0.15, 0.2) is 0 Å². The third-order valence-electron chi connectivity index (χ3n) is 4.87. The summed E-state index contributed by atoms with van der Waals surface area (Å²) in [4.78, 5) is 27.9. The summed E-state index contributed by atoms with van der Waals surface area (Å²) in [6.45, 7) is 4.01. The molecule has 2 saturated heterocycles. The molecule has 2 fully saturated rings. The average Bonchev–Trinajstić information content (AvgIpc) is 2.65. The van der Waals surface area contributed by atoms with Gasteiger partial charge < -0.3 is 9.80 Å². The smallest absolute Gasteiger partial charge is 0.227 e. The minimum absolute atomic E-state index is 0.156. The van der Waals surface area contributed by atoms with Crippen molar-refractivity contribution in [2.75, 3.05) is 24.5 Å². The number of para-hydroxylation sites is 1. The lowest BCUT2D eigenvalue weighted by Crippen LogP contribution is -2.42. The number of hydrogen-bond donors (Lipinski definition) is 0. The van der Waals surface area contributed by atoms with Crippen LogP contribution < -0.4 is 4.90 Å². The minimum Gasteiger partial charge on any atom is -0.343 e. The second-order valence-corrected chi connectivity index (χ2v) is 6.15. The molecule has 112 valence electrons. The molecule has 1 aromatic rings. The van der Waals surface area contributed by atoms with E-state index in [0.29, 0.717) is 18.3 Å². The fourth-order valence-electron chi connectivity index (χ4n) is 3.60. The number of rotatable bonds is 1. The van der Waals surface area contributed by atoms with Crippen molar-refractivity contribution in [2.24, 2.45) is 11.8 Å².